The lowest BCUT2D eigenvalue weighted by atomic mass is 10.2. The van der Waals surface area contributed by atoms with Gasteiger partial charge in [-0.2, -0.15) is 10.2 Å². The highest BCUT2D eigenvalue weighted by atomic mass is 16.5. The maximum absolute atomic E-state index is 9.17. The molecule has 0 spiro atoms. The van der Waals surface area contributed by atoms with Gasteiger partial charge in [0, 0.05) is 19.3 Å². The fourth-order valence-corrected chi connectivity index (χ4v) is 3.72. The number of benzene rings is 2. The number of hydrogen-bond acceptors (Lipinski definition) is 6. The first-order chi connectivity index (χ1) is 14.8. The summed E-state index contributed by atoms with van der Waals surface area (Å²) in [5.41, 5.74) is 1.66. The lowest BCUT2D eigenvalue weighted by molar-refractivity contribution is 0.441. The topological polar surface area (TPSA) is 76.2 Å². The molecule has 0 bridgehead atoms. The number of fused-ring (bicyclic) bond motifs is 1. The normalized spacial score (nSPS) is 15.8. The second kappa shape index (κ2) is 7.76. The van der Waals surface area contributed by atoms with Gasteiger partial charge >= 0.3 is 0 Å². The molecular formula is C23H19N5O2. The number of nitrogens with zero attached hydrogens (tertiary/aromatic N) is 5. The lowest BCUT2D eigenvalue weighted by Gasteiger charge is -2.15. The van der Waals surface area contributed by atoms with Crippen LogP contribution in [0.3, 0.4) is 0 Å². The summed E-state index contributed by atoms with van der Waals surface area (Å²) in [4.78, 5) is 10.5. The molecule has 1 aliphatic heterocycles. The number of likely N-dealkylation sites (tertiary alicyclic amines) is 1. The molecule has 2 aromatic carbocycles. The molecule has 0 amide bonds. The van der Waals surface area contributed by atoms with Gasteiger partial charge in [0.2, 0.25) is 5.88 Å². The monoisotopic (exact) mass is 397 g/mol. The first-order valence-corrected chi connectivity index (χ1v) is 9.77. The van der Waals surface area contributed by atoms with E-state index in [0.29, 0.717) is 18.2 Å². The van der Waals surface area contributed by atoms with Crippen LogP contribution in [0, 0.1) is 11.5 Å². The smallest absolute Gasteiger partial charge is 0.247 e. The molecule has 2 aromatic heterocycles. The minimum Gasteiger partial charge on any atom is -0.457 e. The van der Waals surface area contributed by atoms with Crippen molar-refractivity contribution in [3.05, 3.63) is 73.2 Å². The van der Waals surface area contributed by atoms with Crippen LogP contribution >= 0.6 is 0 Å². The Balaban J connectivity index is 1.39. The summed E-state index contributed by atoms with van der Waals surface area (Å²) in [7, 11) is 0. The van der Waals surface area contributed by atoms with Crippen LogP contribution in [0.15, 0.2) is 73.2 Å². The Hall–Kier alpha value is -4.05. The number of aromatic nitrogens is 3. The summed E-state index contributed by atoms with van der Waals surface area (Å²) in [5, 5.41) is 9.17. The van der Waals surface area contributed by atoms with Crippen LogP contribution < -0.4 is 9.47 Å². The molecule has 0 unspecified atom stereocenters. The van der Waals surface area contributed by atoms with Crippen LogP contribution in [0.1, 0.15) is 12.5 Å². The molecule has 3 heterocycles. The van der Waals surface area contributed by atoms with Crippen molar-refractivity contribution in [1.82, 2.24) is 19.4 Å². The molecule has 1 atom stereocenters. The quantitative estimate of drug-likeness (QED) is 0.453. The van der Waals surface area contributed by atoms with E-state index in [2.05, 4.69) is 20.7 Å². The maximum Gasteiger partial charge on any atom is 0.247 e. The van der Waals surface area contributed by atoms with E-state index in [1.807, 2.05) is 66.9 Å². The van der Waals surface area contributed by atoms with Gasteiger partial charge in [-0.3, -0.25) is 0 Å². The van der Waals surface area contributed by atoms with Crippen molar-refractivity contribution in [3.8, 4) is 29.3 Å². The van der Waals surface area contributed by atoms with Crippen LogP contribution in [0.2, 0.25) is 0 Å². The fraction of sp³-hybridized carbons (Fsp3) is 0.174. The minimum absolute atomic E-state index is 0.192. The number of para-hydroxylation sites is 1. The molecule has 5 rings (SSSR count). The Morgan fingerprint density at radius 3 is 2.37 bits per heavy atom. The van der Waals surface area contributed by atoms with Gasteiger partial charge < -0.3 is 18.9 Å². The van der Waals surface area contributed by atoms with Crippen molar-refractivity contribution in [2.45, 2.75) is 12.5 Å². The van der Waals surface area contributed by atoms with Crippen LogP contribution in [0.4, 0.5) is 0 Å². The molecule has 1 fully saturated rings. The van der Waals surface area contributed by atoms with Gasteiger partial charge in [-0.15, -0.1) is 0 Å². The van der Waals surface area contributed by atoms with E-state index in [-0.39, 0.29) is 6.04 Å². The highest BCUT2D eigenvalue weighted by Crippen LogP contribution is 2.33. The Kier molecular flexibility index (Phi) is 4.66. The molecule has 4 aromatic rings. The Labute approximate surface area is 173 Å². The highest BCUT2D eigenvalue weighted by Gasteiger charge is 2.25. The second-order valence-corrected chi connectivity index (χ2v) is 7.11. The zero-order valence-electron chi connectivity index (χ0n) is 16.2. The van der Waals surface area contributed by atoms with Gasteiger partial charge in [0.15, 0.2) is 6.19 Å². The van der Waals surface area contributed by atoms with Crippen LogP contribution in [-0.2, 0) is 0 Å². The summed E-state index contributed by atoms with van der Waals surface area (Å²) in [6, 6.07) is 19.2. The van der Waals surface area contributed by atoms with Gasteiger partial charge in [-0.1, -0.05) is 18.2 Å². The van der Waals surface area contributed by atoms with Crippen molar-refractivity contribution in [2.24, 2.45) is 0 Å². The van der Waals surface area contributed by atoms with E-state index in [9.17, 15) is 0 Å². The predicted molar refractivity (Wildman–Crippen MR) is 111 cm³/mol. The standard InChI is InChI=1S/C23H19N5O2/c24-15-27-12-10-17(14-27)28-13-11-21-22(28)23(26-16-25-21)30-20-8-6-19(7-9-20)29-18-4-2-1-3-5-18/h1-9,11,13,16-17H,10,12,14H2/t17-/m1/s1. The van der Waals surface area contributed by atoms with Crippen LogP contribution in [0.25, 0.3) is 11.0 Å². The maximum atomic E-state index is 9.17. The van der Waals surface area contributed by atoms with E-state index in [1.54, 1.807) is 4.90 Å². The number of nitriles is 1. The first kappa shape index (κ1) is 18.0. The average molecular weight is 397 g/mol. The molecule has 30 heavy (non-hydrogen) atoms. The minimum atomic E-state index is 0.192. The summed E-state index contributed by atoms with van der Waals surface area (Å²) in [6.07, 6.45) is 6.63. The Morgan fingerprint density at radius 2 is 1.63 bits per heavy atom. The fourth-order valence-electron chi connectivity index (χ4n) is 3.72. The van der Waals surface area contributed by atoms with Crippen molar-refractivity contribution < 1.29 is 9.47 Å². The van der Waals surface area contributed by atoms with Gasteiger partial charge in [0.25, 0.3) is 0 Å². The second-order valence-electron chi connectivity index (χ2n) is 7.11. The third-order valence-corrected chi connectivity index (χ3v) is 5.18. The SMILES string of the molecule is N#CN1CC[C@@H](n2ccc3ncnc(Oc4ccc(Oc5ccccc5)cc4)c32)C1. The summed E-state index contributed by atoms with van der Waals surface area (Å²) >= 11 is 0. The molecule has 7 nitrogen and oxygen atoms in total. The van der Waals surface area contributed by atoms with E-state index in [4.69, 9.17) is 14.7 Å². The van der Waals surface area contributed by atoms with Crippen LogP contribution in [0.5, 0.6) is 23.1 Å². The zero-order valence-corrected chi connectivity index (χ0v) is 16.2. The van der Waals surface area contributed by atoms with Crippen molar-refractivity contribution >= 4 is 11.0 Å². The van der Waals surface area contributed by atoms with Crippen LogP contribution in [-0.4, -0.2) is 32.5 Å². The number of hydrogen-bond donors (Lipinski definition) is 0. The molecule has 0 saturated carbocycles. The Bertz CT molecular complexity index is 1200. The average Bonchev–Trinajstić information content (AvgIpc) is 3.43. The third kappa shape index (κ3) is 3.51. The molecule has 148 valence electrons. The number of rotatable bonds is 5. The van der Waals surface area contributed by atoms with E-state index < -0.39 is 0 Å². The van der Waals surface area contributed by atoms with E-state index in [0.717, 1.165) is 35.5 Å². The molecule has 0 aliphatic carbocycles. The van der Waals surface area contributed by atoms with Gasteiger partial charge in [-0.25, -0.2) is 4.98 Å². The van der Waals surface area contributed by atoms with Gasteiger partial charge in [0.05, 0.1) is 11.6 Å². The van der Waals surface area contributed by atoms with Crippen molar-refractivity contribution in [1.29, 1.82) is 5.26 Å². The van der Waals surface area contributed by atoms with Gasteiger partial charge in [0.1, 0.15) is 29.1 Å². The van der Waals surface area contributed by atoms with Crippen molar-refractivity contribution in [2.75, 3.05) is 13.1 Å². The summed E-state index contributed by atoms with van der Waals surface area (Å²) in [5.74, 6) is 2.67. The molecule has 0 radical (unpaired) electrons. The van der Waals surface area contributed by atoms with Crippen molar-refractivity contribution in [3.63, 3.8) is 0 Å². The van der Waals surface area contributed by atoms with E-state index >= 15 is 0 Å². The predicted octanol–water partition coefficient (Wildman–Crippen LogP) is 4.74. The third-order valence-electron chi connectivity index (χ3n) is 5.18. The lowest BCUT2D eigenvalue weighted by Crippen LogP contribution is -2.15. The number of ether oxygens (including phenoxy) is 2. The summed E-state index contributed by atoms with van der Waals surface area (Å²) in [6.45, 7) is 1.44. The van der Waals surface area contributed by atoms with E-state index in [1.165, 1.54) is 6.33 Å². The Morgan fingerprint density at radius 1 is 0.900 bits per heavy atom. The zero-order chi connectivity index (χ0) is 20.3. The van der Waals surface area contributed by atoms with Gasteiger partial charge in [-0.05, 0) is 48.9 Å². The molecular weight excluding hydrogens is 378 g/mol. The first-order valence-electron chi connectivity index (χ1n) is 9.77. The largest absolute Gasteiger partial charge is 0.457 e. The molecule has 0 N–H and O–H groups in total. The molecule has 1 saturated heterocycles. The summed E-state index contributed by atoms with van der Waals surface area (Å²) < 4.78 is 14.1. The molecule has 7 heteroatoms. The molecule has 1 aliphatic rings. The highest BCUT2D eigenvalue weighted by molar-refractivity contribution is 5.81.